The molecule has 0 fully saturated rings. The van der Waals surface area contributed by atoms with Crippen LogP contribution in [-0.4, -0.2) is 13.4 Å². The summed E-state index contributed by atoms with van der Waals surface area (Å²) in [6, 6.07) is 15.6. The van der Waals surface area contributed by atoms with Gasteiger partial charge in [-0.2, -0.15) is 0 Å². The molecule has 0 atom stereocenters. The molecule has 0 heterocycles. The number of alkyl halides is 1. The van der Waals surface area contributed by atoms with Gasteiger partial charge in [0.25, 0.3) is 0 Å². The standard InChI is InChI=1S/C17H19ClO3/c1-2-20-17-10-15(11-18)8-9-16(17)21-13-19-12-14-6-4-3-5-7-14/h3-10H,2,11-13H2,1H3. The van der Waals surface area contributed by atoms with Crippen molar-refractivity contribution < 1.29 is 14.2 Å². The number of hydrogen-bond acceptors (Lipinski definition) is 3. The van der Waals surface area contributed by atoms with E-state index in [1.807, 2.05) is 55.5 Å². The van der Waals surface area contributed by atoms with Gasteiger partial charge in [0, 0.05) is 5.88 Å². The zero-order valence-electron chi connectivity index (χ0n) is 12.0. The van der Waals surface area contributed by atoms with E-state index < -0.39 is 0 Å². The van der Waals surface area contributed by atoms with Gasteiger partial charge in [0.05, 0.1) is 13.2 Å². The molecule has 0 spiro atoms. The second-order valence-corrected chi connectivity index (χ2v) is 4.71. The van der Waals surface area contributed by atoms with Crippen molar-refractivity contribution in [2.45, 2.75) is 19.4 Å². The normalized spacial score (nSPS) is 10.4. The Morgan fingerprint density at radius 3 is 2.43 bits per heavy atom. The maximum absolute atomic E-state index is 5.82. The van der Waals surface area contributed by atoms with Gasteiger partial charge in [-0.1, -0.05) is 36.4 Å². The smallest absolute Gasteiger partial charge is 0.189 e. The Hall–Kier alpha value is -1.71. The minimum Gasteiger partial charge on any atom is -0.490 e. The second-order valence-electron chi connectivity index (χ2n) is 4.44. The average molecular weight is 307 g/mol. The molecule has 4 heteroatoms. The largest absolute Gasteiger partial charge is 0.490 e. The van der Waals surface area contributed by atoms with Crippen LogP contribution in [0.15, 0.2) is 48.5 Å². The summed E-state index contributed by atoms with van der Waals surface area (Å²) in [7, 11) is 0. The molecule has 0 aliphatic carbocycles. The van der Waals surface area contributed by atoms with Crippen molar-refractivity contribution in [3.05, 3.63) is 59.7 Å². The Morgan fingerprint density at radius 1 is 0.905 bits per heavy atom. The molecule has 0 aliphatic rings. The van der Waals surface area contributed by atoms with Crippen molar-refractivity contribution in [2.24, 2.45) is 0 Å². The van der Waals surface area contributed by atoms with E-state index in [0.717, 1.165) is 11.1 Å². The minimum atomic E-state index is 0.176. The molecule has 0 saturated heterocycles. The lowest BCUT2D eigenvalue weighted by atomic mass is 10.2. The third-order valence-corrected chi connectivity index (χ3v) is 3.18. The predicted molar refractivity (Wildman–Crippen MR) is 83.9 cm³/mol. The predicted octanol–water partition coefficient (Wildman–Crippen LogP) is 4.38. The van der Waals surface area contributed by atoms with Crippen LogP contribution in [0.5, 0.6) is 11.5 Å². The summed E-state index contributed by atoms with van der Waals surface area (Å²) in [6.07, 6.45) is 0. The Balaban J connectivity index is 1.87. The first-order valence-corrected chi connectivity index (χ1v) is 7.43. The van der Waals surface area contributed by atoms with Gasteiger partial charge in [0.1, 0.15) is 0 Å². The summed E-state index contributed by atoms with van der Waals surface area (Å²) in [5.74, 6) is 1.81. The molecule has 0 bridgehead atoms. The molecule has 21 heavy (non-hydrogen) atoms. The van der Waals surface area contributed by atoms with Crippen LogP contribution in [0.4, 0.5) is 0 Å². The van der Waals surface area contributed by atoms with Crippen LogP contribution in [0.2, 0.25) is 0 Å². The van der Waals surface area contributed by atoms with Gasteiger partial charge in [-0.15, -0.1) is 11.6 Å². The molecule has 2 rings (SSSR count). The Morgan fingerprint density at radius 2 is 1.71 bits per heavy atom. The Labute approximate surface area is 130 Å². The number of ether oxygens (including phenoxy) is 3. The van der Waals surface area contributed by atoms with Gasteiger partial charge in [-0.05, 0) is 30.2 Å². The van der Waals surface area contributed by atoms with E-state index >= 15 is 0 Å². The van der Waals surface area contributed by atoms with Gasteiger partial charge in [0.2, 0.25) is 0 Å². The van der Waals surface area contributed by atoms with Gasteiger partial charge in [0.15, 0.2) is 18.3 Å². The molecular formula is C17H19ClO3. The zero-order valence-corrected chi connectivity index (χ0v) is 12.8. The highest BCUT2D eigenvalue weighted by atomic mass is 35.5. The molecule has 0 saturated carbocycles. The fourth-order valence-electron chi connectivity index (χ4n) is 1.86. The summed E-state index contributed by atoms with van der Waals surface area (Å²) >= 11 is 5.82. The third kappa shape index (κ3) is 4.96. The van der Waals surface area contributed by atoms with Crippen LogP contribution in [0, 0.1) is 0 Å². The number of halogens is 1. The quantitative estimate of drug-likeness (QED) is 0.411. The molecule has 0 unspecified atom stereocenters. The third-order valence-electron chi connectivity index (χ3n) is 2.87. The maximum atomic E-state index is 5.82. The molecule has 0 radical (unpaired) electrons. The van der Waals surface area contributed by atoms with Crippen LogP contribution in [-0.2, 0) is 17.2 Å². The summed E-state index contributed by atoms with van der Waals surface area (Å²) < 4.78 is 16.7. The fraction of sp³-hybridized carbons (Fsp3) is 0.294. The van der Waals surface area contributed by atoms with Crippen molar-refractivity contribution in [2.75, 3.05) is 13.4 Å². The van der Waals surface area contributed by atoms with E-state index in [2.05, 4.69) is 0 Å². The Bertz CT molecular complexity index is 543. The molecule has 2 aromatic carbocycles. The van der Waals surface area contributed by atoms with E-state index in [1.165, 1.54) is 0 Å². The topological polar surface area (TPSA) is 27.7 Å². The van der Waals surface area contributed by atoms with E-state index in [4.69, 9.17) is 25.8 Å². The molecular weight excluding hydrogens is 288 g/mol. The van der Waals surface area contributed by atoms with Gasteiger partial charge in [-0.25, -0.2) is 0 Å². The van der Waals surface area contributed by atoms with Gasteiger partial charge >= 0.3 is 0 Å². The van der Waals surface area contributed by atoms with Gasteiger partial charge in [-0.3, -0.25) is 0 Å². The minimum absolute atomic E-state index is 0.176. The Kier molecular flexibility index (Phi) is 6.38. The lowest BCUT2D eigenvalue weighted by molar-refractivity contribution is 0.00350. The van der Waals surface area contributed by atoms with Crippen molar-refractivity contribution in [3.63, 3.8) is 0 Å². The number of rotatable bonds is 8. The highest BCUT2D eigenvalue weighted by Gasteiger charge is 2.06. The van der Waals surface area contributed by atoms with Crippen LogP contribution in [0.3, 0.4) is 0 Å². The molecule has 2 aromatic rings. The van der Waals surface area contributed by atoms with Crippen molar-refractivity contribution in [1.82, 2.24) is 0 Å². The zero-order chi connectivity index (χ0) is 14.9. The summed E-state index contributed by atoms with van der Waals surface area (Å²) in [4.78, 5) is 0. The summed E-state index contributed by atoms with van der Waals surface area (Å²) in [5.41, 5.74) is 2.11. The van der Waals surface area contributed by atoms with Crippen molar-refractivity contribution in [1.29, 1.82) is 0 Å². The van der Waals surface area contributed by atoms with Crippen molar-refractivity contribution in [3.8, 4) is 11.5 Å². The molecule has 0 amide bonds. The molecule has 3 nitrogen and oxygen atoms in total. The van der Waals surface area contributed by atoms with Crippen molar-refractivity contribution >= 4 is 11.6 Å². The molecule has 0 aliphatic heterocycles. The molecule has 112 valence electrons. The van der Waals surface area contributed by atoms with Crippen LogP contribution < -0.4 is 9.47 Å². The van der Waals surface area contributed by atoms with E-state index in [0.29, 0.717) is 30.6 Å². The first-order valence-electron chi connectivity index (χ1n) is 6.89. The summed E-state index contributed by atoms with van der Waals surface area (Å²) in [6.45, 7) is 3.20. The lowest BCUT2D eigenvalue weighted by Crippen LogP contribution is -2.05. The van der Waals surface area contributed by atoms with Gasteiger partial charge < -0.3 is 14.2 Å². The fourth-order valence-corrected chi connectivity index (χ4v) is 2.03. The first kappa shape index (κ1) is 15.7. The summed E-state index contributed by atoms with van der Waals surface area (Å²) in [5, 5.41) is 0. The van der Waals surface area contributed by atoms with E-state index in [-0.39, 0.29) is 6.79 Å². The maximum Gasteiger partial charge on any atom is 0.189 e. The number of benzene rings is 2. The number of hydrogen-bond donors (Lipinski definition) is 0. The van der Waals surface area contributed by atoms with E-state index in [1.54, 1.807) is 0 Å². The first-order chi connectivity index (χ1) is 10.3. The van der Waals surface area contributed by atoms with Crippen LogP contribution in [0.25, 0.3) is 0 Å². The molecule has 0 N–H and O–H groups in total. The SMILES string of the molecule is CCOc1cc(CCl)ccc1OCOCc1ccccc1. The van der Waals surface area contributed by atoms with E-state index in [9.17, 15) is 0 Å². The second kappa shape index (κ2) is 8.55. The lowest BCUT2D eigenvalue weighted by Gasteiger charge is -2.13. The van der Waals surface area contributed by atoms with Crippen LogP contribution in [0.1, 0.15) is 18.1 Å². The average Bonchev–Trinajstić information content (AvgIpc) is 2.54. The monoisotopic (exact) mass is 306 g/mol. The highest BCUT2D eigenvalue weighted by Crippen LogP contribution is 2.29. The molecule has 0 aromatic heterocycles. The highest BCUT2D eigenvalue weighted by molar-refractivity contribution is 6.17. The van der Waals surface area contributed by atoms with Crippen LogP contribution >= 0.6 is 11.6 Å².